The number of nitrogens with zero attached hydrogens (tertiary/aromatic N) is 1. The van der Waals surface area contributed by atoms with Crippen LogP contribution in [-0.4, -0.2) is 36.9 Å². The van der Waals surface area contributed by atoms with E-state index in [0.29, 0.717) is 17.1 Å². The number of aromatic nitrogens is 1. The first kappa shape index (κ1) is 18.2. The quantitative estimate of drug-likeness (QED) is 0.847. The molecule has 1 N–H and O–H groups in total. The van der Waals surface area contributed by atoms with Gasteiger partial charge in [-0.2, -0.15) is 0 Å². The second-order valence-electron chi connectivity index (χ2n) is 6.05. The average Bonchev–Trinajstić information content (AvgIpc) is 2.81. The number of hydrogen-bond acceptors (Lipinski definition) is 7. The molecule has 0 aliphatic carbocycles. The number of carbonyl (C=O) groups excluding carboxylic acids is 2. The number of carbonyl (C=O) groups is 2. The number of amides is 1. The molecule has 1 amide bonds. The zero-order valence-corrected chi connectivity index (χ0v) is 15.1. The predicted molar refractivity (Wildman–Crippen MR) is 91.5 cm³/mol. The average molecular weight is 352 g/mol. The van der Waals surface area contributed by atoms with Crippen molar-refractivity contribution in [2.75, 3.05) is 19.5 Å². The van der Waals surface area contributed by atoms with Crippen molar-refractivity contribution in [1.29, 1.82) is 0 Å². The molecule has 24 heavy (non-hydrogen) atoms. The lowest BCUT2D eigenvalue weighted by molar-refractivity contribution is 0.0604. The Hall–Kier alpha value is -2.19. The van der Waals surface area contributed by atoms with Crippen molar-refractivity contribution in [1.82, 2.24) is 4.98 Å². The van der Waals surface area contributed by atoms with Gasteiger partial charge in [-0.15, -0.1) is 11.3 Å². The molecule has 2 aromatic rings. The maximum Gasteiger partial charge on any atom is 0.412 e. The molecule has 130 valence electrons. The van der Waals surface area contributed by atoms with Gasteiger partial charge in [0, 0.05) is 13.3 Å². The van der Waals surface area contributed by atoms with Gasteiger partial charge in [-0.3, -0.25) is 10.3 Å². The van der Waals surface area contributed by atoms with Crippen LogP contribution in [0.5, 0.6) is 0 Å². The van der Waals surface area contributed by atoms with E-state index in [1.807, 2.05) is 6.07 Å². The van der Waals surface area contributed by atoms with Gasteiger partial charge < -0.3 is 14.2 Å². The van der Waals surface area contributed by atoms with Crippen LogP contribution in [0.15, 0.2) is 12.3 Å². The highest BCUT2D eigenvalue weighted by Gasteiger charge is 2.24. The number of thiophene rings is 1. The second kappa shape index (κ2) is 7.14. The van der Waals surface area contributed by atoms with Gasteiger partial charge >= 0.3 is 12.1 Å². The van der Waals surface area contributed by atoms with Crippen molar-refractivity contribution in [2.24, 2.45) is 0 Å². The van der Waals surface area contributed by atoms with Gasteiger partial charge in [-0.1, -0.05) is 0 Å². The molecule has 0 spiro atoms. The number of nitrogens with one attached hydrogen (secondary N) is 1. The molecule has 0 atom stereocenters. The standard InChI is InChI=1S/C16H20N2O5S/c1-16(2,3)23-15(20)18-13-11(14(19)22-5)12-10(24-13)6-9(7-17-12)8-21-4/h6-7H,8H2,1-5H3,(H,18,20). The molecule has 0 fully saturated rings. The minimum absolute atomic E-state index is 0.215. The van der Waals surface area contributed by atoms with E-state index in [1.54, 1.807) is 34.1 Å². The number of fused-ring (bicyclic) bond motifs is 1. The number of methoxy groups -OCH3 is 2. The molecule has 0 saturated carbocycles. The topological polar surface area (TPSA) is 86.8 Å². The summed E-state index contributed by atoms with van der Waals surface area (Å²) >= 11 is 1.23. The van der Waals surface area contributed by atoms with Crippen LogP contribution in [0.25, 0.3) is 10.2 Å². The highest BCUT2D eigenvalue weighted by Crippen LogP contribution is 2.35. The van der Waals surface area contributed by atoms with Crippen molar-refractivity contribution in [3.63, 3.8) is 0 Å². The van der Waals surface area contributed by atoms with Crippen LogP contribution in [0.3, 0.4) is 0 Å². The Labute approximate surface area is 143 Å². The Bertz CT molecular complexity index is 764. The lowest BCUT2D eigenvalue weighted by atomic mass is 10.2. The van der Waals surface area contributed by atoms with Gasteiger partial charge in [0.05, 0.1) is 23.9 Å². The molecule has 7 nitrogen and oxygen atoms in total. The van der Waals surface area contributed by atoms with Crippen molar-refractivity contribution >= 4 is 38.6 Å². The summed E-state index contributed by atoms with van der Waals surface area (Å²) in [6, 6.07) is 1.86. The summed E-state index contributed by atoms with van der Waals surface area (Å²) in [6.45, 7) is 5.69. The monoisotopic (exact) mass is 352 g/mol. The predicted octanol–water partition coefficient (Wildman–Crippen LogP) is 3.58. The third kappa shape index (κ3) is 4.21. The van der Waals surface area contributed by atoms with E-state index in [1.165, 1.54) is 18.4 Å². The van der Waals surface area contributed by atoms with Gasteiger partial charge in [0.1, 0.15) is 16.2 Å². The van der Waals surface area contributed by atoms with Crippen molar-refractivity contribution < 1.29 is 23.8 Å². The Morgan fingerprint density at radius 1 is 1.29 bits per heavy atom. The van der Waals surface area contributed by atoms with E-state index in [0.717, 1.165) is 10.3 Å². The van der Waals surface area contributed by atoms with E-state index in [2.05, 4.69) is 10.3 Å². The van der Waals surface area contributed by atoms with Crippen LogP contribution in [0.2, 0.25) is 0 Å². The Morgan fingerprint density at radius 2 is 2.00 bits per heavy atom. The summed E-state index contributed by atoms with van der Waals surface area (Å²) in [4.78, 5) is 28.4. The maximum absolute atomic E-state index is 12.1. The maximum atomic E-state index is 12.1. The fourth-order valence-corrected chi connectivity index (χ4v) is 3.14. The molecule has 0 saturated heterocycles. The smallest absolute Gasteiger partial charge is 0.412 e. The van der Waals surface area contributed by atoms with Gasteiger partial charge in [-0.05, 0) is 32.4 Å². The van der Waals surface area contributed by atoms with Crippen molar-refractivity contribution in [3.8, 4) is 0 Å². The van der Waals surface area contributed by atoms with Crippen molar-refractivity contribution in [3.05, 3.63) is 23.4 Å². The Balaban J connectivity index is 2.43. The number of hydrogen-bond donors (Lipinski definition) is 1. The van der Waals surface area contributed by atoms with E-state index in [4.69, 9.17) is 14.2 Å². The van der Waals surface area contributed by atoms with Gasteiger partial charge in [0.25, 0.3) is 0 Å². The number of anilines is 1. The molecule has 0 radical (unpaired) electrons. The van der Waals surface area contributed by atoms with Crippen LogP contribution in [0, 0.1) is 0 Å². The molecule has 2 heterocycles. The molecule has 0 unspecified atom stereocenters. The van der Waals surface area contributed by atoms with Gasteiger partial charge in [-0.25, -0.2) is 9.59 Å². The fourth-order valence-electron chi connectivity index (χ4n) is 2.04. The van der Waals surface area contributed by atoms with Gasteiger partial charge in [0.15, 0.2) is 0 Å². The number of ether oxygens (including phenoxy) is 3. The molecule has 0 aromatic carbocycles. The summed E-state index contributed by atoms with van der Waals surface area (Å²) in [5.74, 6) is -0.570. The molecule has 0 aliphatic heterocycles. The minimum Gasteiger partial charge on any atom is -0.465 e. The summed E-state index contributed by atoms with van der Waals surface area (Å²) < 4.78 is 15.9. The summed E-state index contributed by atoms with van der Waals surface area (Å²) in [5.41, 5.74) is 0.910. The molecule has 2 aromatic heterocycles. The first-order valence-electron chi connectivity index (χ1n) is 7.24. The number of pyridine rings is 1. The summed E-state index contributed by atoms with van der Waals surface area (Å²) in [6.07, 6.45) is 0.985. The lowest BCUT2D eigenvalue weighted by Gasteiger charge is -2.19. The lowest BCUT2D eigenvalue weighted by Crippen LogP contribution is -2.27. The molecule has 0 aliphatic rings. The van der Waals surface area contributed by atoms with Gasteiger partial charge in [0.2, 0.25) is 0 Å². The van der Waals surface area contributed by atoms with Crippen LogP contribution >= 0.6 is 11.3 Å². The summed E-state index contributed by atoms with van der Waals surface area (Å²) in [5, 5.41) is 2.95. The third-order valence-electron chi connectivity index (χ3n) is 2.90. The molecule has 8 heteroatoms. The van der Waals surface area contributed by atoms with Crippen LogP contribution in [0.4, 0.5) is 9.80 Å². The summed E-state index contributed by atoms with van der Waals surface area (Å²) in [7, 11) is 2.87. The Kier molecular flexibility index (Phi) is 5.40. The van der Waals surface area contributed by atoms with E-state index < -0.39 is 17.7 Å². The molecular formula is C16H20N2O5S. The van der Waals surface area contributed by atoms with Crippen LogP contribution in [0.1, 0.15) is 36.7 Å². The molecule has 0 bridgehead atoms. The zero-order chi connectivity index (χ0) is 17.9. The second-order valence-corrected chi connectivity index (χ2v) is 7.10. The largest absolute Gasteiger partial charge is 0.465 e. The van der Waals surface area contributed by atoms with E-state index in [-0.39, 0.29) is 5.56 Å². The minimum atomic E-state index is -0.643. The molecule has 2 rings (SSSR count). The van der Waals surface area contributed by atoms with Crippen LogP contribution in [-0.2, 0) is 20.8 Å². The highest BCUT2D eigenvalue weighted by molar-refractivity contribution is 7.23. The van der Waals surface area contributed by atoms with E-state index >= 15 is 0 Å². The first-order chi connectivity index (χ1) is 11.2. The normalized spacial score (nSPS) is 11.4. The van der Waals surface area contributed by atoms with E-state index in [9.17, 15) is 9.59 Å². The highest BCUT2D eigenvalue weighted by atomic mass is 32.1. The van der Waals surface area contributed by atoms with Crippen molar-refractivity contribution in [2.45, 2.75) is 33.0 Å². The Morgan fingerprint density at radius 3 is 2.58 bits per heavy atom. The van der Waals surface area contributed by atoms with Crippen LogP contribution < -0.4 is 5.32 Å². The fraction of sp³-hybridized carbons (Fsp3) is 0.438. The molecular weight excluding hydrogens is 332 g/mol. The third-order valence-corrected chi connectivity index (χ3v) is 3.94. The number of esters is 1. The zero-order valence-electron chi connectivity index (χ0n) is 14.3. The number of rotatable bonds is 4. The first-order valence-corrected chi connectivity index (χ1v) is 8.05. The SMILES string of the molecule is COCc1cnc2c(C(=O)OC)c(NC(=O)OC(C)(C)C)sc2c1.